The van der Waals surface area contributed by atoms with Gasteiger partial charge in [0.05, 0.1) is 0 Å². The average Bonchev–Trinajstić information content (AvgIpc) is 2.55. The van der Waals surface area contributed by atoms with Gasteiger partial charge in [-0.05, 0) is 64.5 Å². The van der Waals surface area contributed by atoms with Crippen molar-refractivity contribution in [3.8, 4) is 0 Å². The maximum Gasteiger partial charge on any atom is 0.0156 e. The van der Waals surface area contributed by atoms with Gasteiger partial charge in [-0.3, -0.25) is 0 Å². The van der Waals surface area contributed by atoms with E-state index in [9.17, 15) is 0 Å². The first-order valence-electron chi connectivity index (χ1n) is 6.58. The largest absolute Gasteiger partial charge is 0.308 e. The first-order valence-corrected chi connectivity index (χ1v) is 6.58. The Morgan fingerprint density at radius 2 is 2.00 bits per heavy atom. The van der Waals surface area contributed by atoms with Gasteiger partial charge >= 0.3 is 0 Å². The topological polar surface area (TPSA) is 15.3 Å². The fraction of sp³-hybridized carbons (Fsp3) is 1.00. The van der Waals surface area contributed by atoms with Crippen LogP contribution >= 0.6 is 0 Å². The van der Waals surface area contributed by atoms with Gasteiger partial charge in [0, 0.05) is 18.1 Å². The zero-order valence-electron chi connectivity index (χ0n) is 10.2. The van der Waals surface area contributed by atoms with E-state index < -0.39 is 0 Å². The van der Waals surface area contributed by atoms with Crippen LogP contribution in [-0.4, -0.2) is 36.6 Å². The second kappa shape index (κ2) is 3.21. The smallest absolute Gasteiger partial charge is 0.0156 e. The molecule has 3 aliphatic rings. The third kappa shape index (κ3) is 1.53. The van der Waals surface area contributed by atoms with Crippen molar-refractivity contribution in [2.24, 2.45) is 5.41 Å². The number of likely N-dealkylation sites (tertiary alicyclic amines) is 1. The lowest BCUT2D eigenvalue weighted by atomic mass is 9.62. The van der Waals surface area contributed by atoms with Crippen LogP contribution < -0.4 is 5.32 Å². The summed E-state index contributed by atoms with van der Waals surface area (Å²) in [6.45, 7) is 5.07. The molecular formula is C13H24N2. The monoisotopic (exact) mass is 208 g/mol. The van der Waals surface area contributed by atoms with E-state index in [1.54, 1.807) is 0 Å². The van der Waals surface area contributed by atoms with Crippen molar-refractivity contribution in [2.75, 3.05) is 20.1 Å². The molecule has 3 fully saturated rings. The minimum atomic E-state index is 0.499. The van der Waals surface area contributed by atoms with Crippen LogP contribution in [0.3, 0.4) is 0 Å². The first-order chi connectivity index (χ1) is 7.12. The highest BCUT2D eigenvalue weighted by Crippen LogP contribution is 2.49. The van der Waals surface area contributed by atoms with Crippen molar-refractivity contribution in [3.63, 3.8) is 0 Å². The van der Waals surface area contributed by atoms with Gasteiger partial charge in [0.15, 0.2) is 0 Å². The summed E-state index contributed by atoms with van der Waals surface area (Å²) in [5.74, 6) is 0. The van der Waals surface area contributed by atoms with E-state index in [4.69, 9.17) is 0 Å². The molecule has 2 aliphatic carbocycles. The van der Waals surface area contributed by atoms with Gasteiger partial charge in [-0.15, -0.1) is 0 Å². The maximum atomic E-state index is 3.96. The van der Waals surface area contributed by atoms with Crippen molar-refractivity contribution < 1.29 is 0 Å². The molecule has 86 valence electrons. The van der Waals surface area contributed by atoms with Crippen LogP contribution in [0.2, 0.25) is 0 Å². The van der Waals surface area contributed by atoms with E-state index in [0.717, 1.165) is 6.04 Å². The number of nitrogens with one attached hydrogen (secondary N) is 1. The van der Waals surface area contributed by atoms with Crippen LogP contribution in [0.5, 0.6) is 0 Å². The third-order valence-corrected chi connectivity index (χ3v) is 5.23. The lowest BCUT2D eigenvalue weighted by molar-refractivity contribution is 0.0319. The molecular weight excluding hydrogens is 184 g/mol. The summed E-state index contributed by atoms with van der Waals surface area (Å²) in [6, 6.07) is 0.827. The standard InChI is InChI=1S/C13H24N2/c1-12(5-3-6-12)14-11-4-7-13(11)8-9-15(2)10-13/h11,14H,3-10H2,1-2H3. The molecule has 15 heavy (non-hydrogen) atoms. The zero-order valence-corrected chi connectivity index (χ0v) is 10.2. The second-order valence-electron chi connectivity index (χ2n) is 6.50. The van der Waals surface area contributed by atoms with Crippen molar-refractivity contribution in [2.45, 2.75) is 57.0 Å². The predicted octanol–water partition coefficient (Wildman–Crippen LogP) is 2.00. The fourth-order valence-electron chi connectivity index (χ4n) is 3.79. The fourth-order valence-corrected chi connectivity index (χ4v) is 3.79. The van der Waals surface area contributed by atoms with Gasteiger partial charge in [-0.25, -0.2) is 0 Å². The minimum Gasteiger partial charge on any atom is -0.308 e. The molecule has 2 nitrogen and oxygen atoms in total. The Kier molecular flexibility index (Phi) is 2.16. The van der Waals surface area contributed by atoms with Gasteiger partial charge in [0.25, 0.3) is 0 Å². The van der Waals surface area contributed by atoms with Crippen molar-refractivity contribution in [1.82, 2.24) is 10.2 Å². The molecule has 2 unspecified atom stereocenters. The number of rotatable bonds is 2. The summed E-state index contributed by atoms with van der Waals surface area (Å²) in [5, 5.41) is 3.96. The van der Waals surface area contributed by atoms with Gasteiger partial charge < -0.3 is 10.2 Å². The minimum absolute atomic E-state index is 0.499. The van der Waals surface area contributed by atoms with E-state index in [1.165, 1.54) is 51.6 Å². The Labute approximate surface area is 93.4 Å². The van der Waals surface area contributed by atoms with Crippen LogP contribution in [0, 0.1) is 5.41 Å². The Balaban J connectivity index is 1.63. The van der Waals surface area contributed by atoms with Crippen LogP contribution in [0.1, 0.15) is 45.4 Å². The molecule has 0 radical (unpaired) electrons. The van der Waals surface area contributed by atoms with Crippen molar-refractivity contribution in [1.29, 1.82) is 0 Å². The average molecular weight is 208 g/mol. The summed E-state index contributed by atoms with van der Waals surface area (Å²) >= 11 is 0. The number of nitrogens with zero attached hydrogens (tertiary/aromatic N) is 1. The molecule has 0 aromatic heterocycles. The zero-order chi connectivity index (χ0) is 10.5. The van der Waals surface area contributed by atoms with Gasteiger partial charge in [0.2, 0.25) is 0 Å². The predicted molar refractivity (Wildman–Crippen MR) is 63.0 cm³/mol. The molecule has 1 N–H and O–H groups in total. The third-order valence-electron chi connectivity index (χ3n) is 5.23. The summed E-state index contributed by atoms with van der Waals surface area (Å²) in [7, 11) is 2.27. The van der Waals surface area contributed by atoms with E-state index in [2.05, 4.69) is 24.2 Å². The second-order valence-corrected chi connectivity index (χ2v) is 6.50. The summed E-state index contributed by atoms with van der Waals surface area (Å²) in [5.41, 5.74) is 1.16. The van der Waals surface area contributed by atoms with E-state index in [1.807, 2.05) is 0 Å². The van der Waals surface area contributed by atoms with Crippen LogP contribution in [-0.2, 0) is 0 Å². The highest BCUT2D eigenvalue weighted by atomic mass is 15.2. The Morgan fingerprint density at radius 3 is 2.40 bits per heavy atom. The van der Waals surface area contributed by atoms with Crippen molar-refractivity contribution in [3.05, 3.63) is 0 Å². The summed E-state index contributed by atoms with van der Waals surface area (Å²) in [6.07, 6.45) is 8.54. The molecule has 0 amide bonds. The quantitative estimate of drug-likeness (QED) is 0.747. The Hall–Kier alpha value is -0.0800. The molecule has 0 bridgehead atoms. The van der Waals surface area contributed by atoms with E-state index in [-0.39, 0.29) is 0 Å². The van der Waals surface area contributed by atoms with Crippen LogP contribution in [0.4, 0.5) is 0 Å². The lowest BCUT2D eigenvalue weighted by Gasteiger charge is -2.53. The number of hydrogen-bond donors (Lipinski definition) is 1. The van der Waals surface area contributed by atoms with Gasteiger partial charge in [-0.2, -0.15) is 0 Å². The van der Waals surface area contributed by atoms with E-state index in [0.29, 0.717) is 11.0 Å². The Bertz CT molecular complexity index is 259. The van der Waals surface area contributed by atoms with Crippen LogP contribution in [0.15, 0.2) is 0 Å². The van der Waals surface area contributed by atoms with Gasteiger partial charge in [-0.1, -0.05) is 0 Å². The maximum absolute atomic E-state index is 3.96. The van der Waals surface area contributed by atoms with E-state index >= 15 is 0 Å². The Morgan fingerprint density at radius 1 is 1.20 bits per heavy atom. The highest BCUT2D eigenvalue weighted by molar-refractivity contribution is 5.08. The molecule has 2 atom stereocenters. The van der Waals surface area contributed by atoms with Crippen molar-refractivity contribution >= 4 is 0 Å². The first kappa shape index (κ1) is 10.1. The molecule has 0 aromatic carbocycles. The number of hydrogen-bond acceptors (Lipinski definition) is 2. The molecule has 1 spiro atoms. The molecule has 1 heterocycles. The molecule has 3 rings (SSSR count). The normalized spacial score (nSPS) is 44.0. The van der Waals surface area contributed by atoms with Gasteiger partial charge in [0.1, 0.15) is 0 Å². The lowest BCUT2D eigenvalue weighted by Crippen LogP contribution is -2.63. The molecule has 2 heteroatoms. The summed E-state index contributed by atoms with van der Waals surface area (Å²) in [4.78, 5) is 2.51. The molecule has 1 aliphatic heterocycles. The molecule has 0 aromatic rings. The highest BCUT2D eigenvalue weighted by Gasteiger charge is 2.52. The molecule has 1 saturated heterocycles. The van der Waals surface area contributed by atoms with Crippen LogP contribution in [0.25, 0.3) is 0 Å². The SMILES string of the molecule is CN1CCC2(CCC2NC2(C)CCC2)C1. The molecule has 2 saturated carbocycles. The summed E-state index contributed by atoms with van der Waals surface area (Å²) < 4.78 is 0.